The lowest BCUT2D eigenvalue weighted by molar-refractivity contribution is 0.0828. The maximum Gasteiger partial charge on any atom is 0.411 e. The topological polar surface area (TPSA) is 109 Å². The van der Waals surface area contributed by atoms with Crippen LogP contribution in [0.3, 0.4) is 0 Å². The van der Waals surface area contributed by atoms with Gasteiger partial charge in [0.05, 0.1) is 25.5 Å². The van der Waals surface area contributed by atoms with Crippen LogP contribution in [0.2, 0.25) is 0 Å². The summed E-state index contributed by atoms with van der Waals surface area (Å²) in [5.41, 5.74) is 4.43. The molecule has 0 spiro atoms. The van der Waals surface area contributed by atoms with E-state index in [9.17, 15) is 9.59 Å². The highest BCUT2D eigenvalue weighted by Gasteiger charge is 2.18. The molecule has 0 radical (unpaired) electrons. The van der Waals surface area contributed by atoms with Crippen LogP contribution in [0, 0.1) is 0 Å². The van der Waals surface area contributed by atoms with Gasteiger partial charge in [-0.3, -0.25) is 15.2 Å². The number of fused-ring (bicyclic) bond motifs is 1. The highest BCUT2D eigenvalue weighted by molar-refractivity contribution is 6.04. The van der Waals surface area contributed by atoms with Crippen LogP contribution >= 0.6 is 0 Å². The van der Waals surface area contributed by atoms with Gasteiger partial charge in [-0.05, 0) is 35.9 Å². The quantitative estimate of drug-likeness (QED) is 0.477. The molecule has 33 heavy (non-hydrogen) atoms. The Hall–Kier alpha value is -4.40. The number of aromatic nitrogens is 3. The molecule has 2 amide bonds. The van der Waals surface area contributed by atoms with Gasteiger partial charge in [-0.1, -0.05) is 18.2 Å². The molecule has 4 rings (SSSR count). The summed E-state index contributed by atoms with van der Waals surface area (Å²) < 4.78 is 10.2. The molecule has 2 aromatic heterocycles. The Bertz CT molecular complexity index is 1350. The third kappa shape index (κ3) is 4.20. The van der Waals surface area contributed by atoms with E-state index in [0.29, 0.717) is 28.3 Å². The Morgan fingerprint density at radius 2 is 1.82 bits per heavy atom. The Labute approximate surface area is 190 Å². The van der Waals surface area contributed by atoms with Gasteiger partial charge >= 0.3 is 6.09 Å². The second-order valence-corrected chi connectivity index (χ2v) is 7.47. The van der Waals surface area contributed by atoms with E-state index in [1.165, 1.54) is 12.0 Å². The number of nitrogens with zero attached hydrogens (tertiary/aromatic N) is 3. The summed E-state index contributed by atoms with van der Waals surface area (Å²) in [5, 5.41) is 10.8. The van der Waals surface area contributed by atoms with Crippen molar-refractivity contribution in [3.8, 4) is 28.1 Å². The van der Waals surface area contributed by atoms with E-state index >= 15 is 0 Å². The van der Waals surface area contributed by atoms with Gasteiger partial charge in [-0.2, -0.15) is 5.10 Å². The lowest BCUT2D eigenvalue weighted by Crippen LogP contribution is -2.24. The number of para-hydroxylation sites is 1. The summed E-state index contributed by atoms with van der Waals surface area (Å²) in [6.45, 7) is 0. The minimum Gasteiger partial charge on any atom is -0.496 e. The molecule has 0 fully saturated rings. The number of H-pyrrole nitrogens is 1. The molecule has 2 aromatic carbocycles. The molecule has 0 atom stereocenters. The minimum absolute atomic E-state index is 0.254. The number of hydrogen-bond donors (Lipinski definition) is 2. The van der Waals surface area contributed by atoms with E-state index in [-0.39, 0.29) is 5.91 Å². The lowest BCUT2D eigenvalue weighted by atomic mass is 10.0. The molecule has 0 aliphatic carbocycles. The number of hydrogen-bond acceptors (Lipinski definition) is 6. The van der Waals surface area contributed by atoms with Crippen LogP contribution in [0.25, 0.3) is 33.4 Å². The van der Waals surface area contributed by atoms with Gasteiger partial charge in [-0.15, -0.1) is 0 Å². The number of amides is 2. The van der Waals surface area contributed by atoms with Crippen molar-refractivity contribution in [3.63, 3.8) is 0 Å². The van der Waals surface area contributed by atoms with Crippen molar-refractivity contribution in [2.24, 2.45) is 0 Å². The molecular weight excluding hydrogens is 422 g/mol. The van der Waals surface area contributed by atoms with Crippen LogP contribution in [0.1, 0.15) is 10.4 Å². The summed E-state index contributed by atoms with van der Waals surface area (Å²) >= 11 is 0. The largest absolute Gasteiger partial charge is 0.496 e. The summed E-state index contributed by atoms with van der Waals surface area (Å²) in [7, 11) is 6.18. The SMILES string of the molecule is COC(=O)Nc1ccc(-c2cnc3[nH]nc(-c4ccccc4OC)c3c2)cc1C(=O)N(C)C. The maximum absolute atomic E-state index is 12.8. The molecule has 0 saturated heterocycles. The Morgan fingerprint density at radius 3 is 2.55 bits per heavy atom. The first-order chi connectivity index (χ1) is 15.9. The Balaban J connectivity index is 1.82. The van der Waals surface area contributed by atoms with Gasteiger partial charge in [0.25, 0.3) is 5.91 Å². The van der Waals surface area contributed by atoms with Crippen molar-refractivity contribution in [1.82, 2.24) is 20.1 Å². The van der Waals surface area contributed by atoms with Crippen LogP contribution in [0.4, 0.5) is 10.5 Å². The van der Waals surface area contributed by atoms with Crippen molar-refractivity contribution < 1.29 is 19.1 Å². The lowest BCUT2D eigenvalue weighted by Gasteiger charge is -2.16. The number of carbonyl (C=O) groups is 2. The number of anilines is 1. The van der Waals surface area contributed by atoms with E-state index in [4.69, 9.17) is 4.74 Å². The van der Waals surface area contributed by atoms with E-state index in [1.54, 1.807) is 39.5 Å². The fourth-order valence-corrected chi connectivity index (χ4v) is 3.52. The third-order valence-corrected chi connectivity index (χ3v) is 5.19. The molecule has 4 aromatic rings. The van der Waals surface area contributed by atoms with Crippen molar-refractivity contribution >= 4 is 28.7 Å². The van der Waals surface area contributed by atoms with E-state index in [1.807, 2.05) is 36.4 Å². The maximum atomic E-state index is 12.8. The first kappa shape index (κ1) is 21.8. The highest BCUT2D eigenvalue weighted by atomic mass is 16.5. The fraction of sp³-hybridized carbons (Fsp3) is 0.167. The van der Waals surface area contributed by atoms with Crippen LogP contribution < -0.4 is 10.1 Å². The molecule has 0 saturated carbocycles. The minimum atomic E-state index is -0.654. The van der Waals surface area contributed by atoms with Gasteiger partial charge in [0.2, 0.25) is 0 Å². The standard InChI is InChI=1S/C24H23N5O4/c1-29(2)23(30)17-11-14(9-10-19(17)26-24(31)33-4)15-12-18-21(27-28-22(18)25-13-15)16-7-5-6-8-20(16)32-3/h5-13H,1-4H3,(H,26,31)(H,25,27,28). The van der Waals surface area contributed by atoms with Crippen LogP contribution in [-0.2, 0) is 4.74 Å². The second kappa shape index (κ2) is 8.99. The van der Waals surface area contributed by atoms with Gasteiger partial charge in [0.1, 0.15) is 11.4 Å². The molecule has 0 aliphatic heterocycles. The van der Waals surface area contributed by atoms with E-state index in [2.05, 4.69) is 25.2 Å². The van der Waals surface area contributed by atoms with Gasteiger partial charge in [0, 0.05) is 36.8 Å². The smallest absolute Gasteiger partial charge is 0.411 e. The molecule has 0 bridgehead atoms. The normalized spacial score (nSPS) is 10.7. The zero-order chi connectivity index (χ0) is 23.5. The predicted molar refractivity (Wildman–Crippen MR) is 125 cm³/mol. The molecule has 9 heteroatoms. The second-order valence-electron chi connectivity index (χ2n) is 7.47. The number of benzene rings is 2. The number of pyridine rings is 1. The van der Waals surface area contributed by atoms with E-state index in [0.717, 1.165) is 22.1 Å². The first-order valence-electron chi connectivity index (χ1n) is 10.1. The summed E-state index contributed by atoms with van der Waals surface area (Å²) in [5.74, 6) is 0.448. The number of ether oxygens (including phenoxy) is 2. The third-order valence-electron chi connectivity index (χ3n) is 5.19. The average Bonchev–Trinajstić information content (AvgIpc) is 3.26. The average molecular weight is 445 g/mol. The number of aromatic amines is 1. The van der Waals surface area contributed by atoms with E-state index < -0.39 is 6.09 Å². The molecule has 168 valence electrons. The molecule has 2 heterocycles. The van der Waals surface area contributed by atoms with Crippen molar-refractivity contribution in [2.45, 2.75) is 0 Å². The molecular formula is C24H23N5O4. The highest BCUT2D eigenvalue weighted by Crippen LogP contribution is 2.35. The summed E-state index contributed by atoms with van der Waals surface area (Å²) in [6, 6.07) is 14.8. The molecule has 0 aliphatic rings. The number of methoxy groups -OCH3 is 2. The van der Waals surface area contributed by atoms with Crippen LogP contribution in [-0.4, -0.2) is 60.4 Å². The van der Waals surface area contributed by atoms with Gasteiger partial charge in [0.15, 0.2) is 5.65 Å². The summed E-state index contributed by atoms with van der Waals surface area (Å²) in [4.78, 5) is 30.5. The van der Waals surface area contributed by atoms with Crippen molar-refractivity contribution in [3.05, 3.63) is 60.3 Å². The molecule has 9 nitrogen and oxygen atoms in total. The zero-order valence-corrected chi connectivity index (χ0v) is 18.7. The number of rotatable bonds is 5. The Kier molecular flexibility index (Phi) is 5.95. The Morgan fingerprint density at radius 1 is 1.03 bits per heavy atom. The van der Waals surface area contributed by atoms with Gasteiger partial charge < -0.3 is 14.4 Å². The van der Waals surface area contributed by atoms with Gasteiger partial charge in [-0.25, -0.2) is 9.78 Å². The van der Waals surface area contributed by atoms with Crippen molar-refractivity contribution in [2.75, 3.05) is 33.6 Å². The summed E-state index contributed by atoms with van der Waals surface area (Å²) in [6.07, 6.45) is 1.05. The van der Waals surface area contributed by atoms with Crippen LogP contribution in [0.15, 0.2) is 54.7 Å². The predicted octanol–water partition coefficient (Wildman–Crippen LogP) is 4.18. The zero-order valence-electron chi connectivity index (χ0n) is 18.7. The molecule has 2 N–H and O–H groups in total. The fourth-order valence-electron chi connectivity index (χ4n) is 3.52. The van der Waals surface area contributed by atoms with Crippen LogP contribution in [0.5, 0.6) is 5.75 Å². The number of carbonyl (C=O) groups excluding carboxylic acids is 2. The first-order valence-corrected chi connectivity index (χ1v) is 10.1. The number of nitrogens with one attached hydrogen (secondary N) is 2. The monoisotopic (exact) mass is 445 g/mol. The van der Waals surface area contributed by atoms with Crippen molar-refractivity contribution in [1.29, 1.82) is 0 Å². The molecule has 0 unspecified atom stereocenters.